The van der Waals surface area contributed by atoms with Gasteiger partial charge in [0.05, 0.1) is 0 Å². The van der Waals surface area contributed by atoms with Crippen LogP contribution in [-0.2, 0) is 0 Å². The van der Waals surface area contributed by atoms with Gasteiger partial charge in [-0.3, -0.25) is 0 Å². The van der Waals surface area contributed by atoms with Crippen LogP contribution >= 0.6 is 22.6 Å². The SMILES string of the molecule is CC1CN(c2cccc(I)c2)CCC1N. The third-order valence-electron chi connectivity index (χ3n) is 3.14. The largest absolute Gasteiger partial charge is 0.371 e. The Morgan fingerprint density at radius 3 is 2.93 bits per heavy atom. The molecule has 1 saturated heterocycles. The monoisotopic (exact) mass is 316 g/mol. The van der Waals surface area contributed by atoms with Crippen LogP contribution in [0.1, 0.15) is 13.3 Å². The molecule has 0 aliphatic carbocycles. The lowest BCUT2D eigenvalue weighted by atomic mass is 9.94. The Labute approximate surface area is 105 Å². The summed E-state index contributed by atoms with van der Waals surface area (Å²) in [5.74, 6) is 0.594. The minimum absolute atomic E-state index is 0.379. The minimum atomic E-state index is 0.379. The van der Waals surface area contributed by atoms with E-state index in [2.05, 4.69) is 58.7 Å². The van der Waals surface area contributed by atoms with Crippen LogP contribution in [0.2, 0.25) is 0 Å². The maximum Gasteiger partial charge on any atom is 0.0376 e. The molecule has 2 unspecified atom stereocenters. The van der Waals surface area contributed by atoms with Gasteiger partial charge in [0.15, 0.2) is 0 Å². The second kappa shape index (κ2) is 4.70. The van der Waals surface area contributed by atoms with Crippen LogP contribution in [-0.4, -0.2) is 19.1 Å². The summed E-state index contributed by atoms with van der Waals surface area (Å²) in [6.07, 6.45) is 1.10. The summed E-state index contributed by atoms with van der Waals surface area (Å²) in [4.78, 5) is 2.44. The third kappa shape index (κ3) is 2.64. The van der Waals surface area contributed by atoms with Crippen LogP contribution in [0.15, 0.2) is 24.3 Å². The van der Waals surface area contributed by atoms with Crippen molar-refractivity contribution in [3.8, 4) is 0 Å². The zero-order valence-corrected chi connectivity index (χ0v) is 11.1. The Balaban J connectivity index is 2.12. The number of benzene rings is 1. The highest BCUT2D eigenvalue weighted by Gasteiger charge is 2.23. The lowest BCUT2D eigenvalue weighted by Crippen LogP contribution is -2.45. The molecule has 0 radical (unpaired) electrons. The van der Waals surface area contributed by atoms with Crippen molar-refractivity contribution >= 4 is 28.3 Å². The van der Waals surface area contributed by atoms with Crippen LogP contribution < -0.4 is 10.6 Å². The van der Waals surface area contributed by atoms with E-state index in [1.54, 1.807) is 0 Å². The fourth-order valence-electron chi connectivity index (χ4n) is 2.07. The third-order valence-corrected chi connectivity index (χ3v) is 3.82. The number of nitrogens with zero attached hydrogens (tertiary/aromatic N) is 1. The van der Waals surface area contributed by atoms with Crippen molar-refractivity contribution in [1.82, 2.24) is 0 Å². The van der Waals surface area contributed by atoms with Gasteiger partial charge >= 0.3 is 0 Å². The summed E-state index contributed by atoms with van der Waals surface area (Å²) in [6, 6.07) is 9.05. The fraction of sp³-hybridized carbons (Fsp3) is 0.500. The quantitative estimate of drug-likeness (QED) is 0.807. The summed E-state index contributed by atoms with van der Waals surface area (Å²) in [5.41, 5.74) is 7.35. The molecule has 1 aliphatic heterocycles. The molecule has 1 aliphatic rings. The molecule has 15 heavy (non-hydrogen) atoms. The molecule has 82 valence electrons. The van der Waals surface area contributed by atoms with Crippen molar-refractivity contribution in [2.24, 2.45) is 11.7 Å². The summed E-state index contributed by atoms with van der Waals surface area (Å²) in [6.45, 7) is 4.41. The van der Waals surface area contributed by atoms with Gasteiger partial charge in [0.25, 0.3) is 0 Å². The number of rotatable bonds is 1. The number of nitrogens with two attached hydrogens (primary N) is 1. The number of anilines is 1. The predicted octanol–water partition coefficient (Wildman–Crippen LogP) is 2.46. The molecule has 0 spiro atoms. The Kier molecular flexibility index (Phi) is 3.51. The van der Waals surface area contributed by atoms with Crippen molar-refractivity contribution in [1.29, 1.82) is 0 Å². The van der Waals surface area contributed by atoms with E-state index in [-0.39, 0.29) is 0 Å². The molecular weight excluding hydrogens is 299 g/mol. The molecule has 2 atom stereocenters. The second-order valence-corrected chi connectivity index (χ2v) is 5.60. The van der Waals surface area contributed by atoms with Gasteiger partial charge in [-0.1, -0.05) is 13.0 Å². The van der Waals surface area contributed by atoms with Gasteiger partial charge in [0.1, 0.15) is 0 Å². The van der Waals surface area contributed by atoms with Crippen molar-refractivity contribution in [3.05, 3.63) is 27.8 Å². The average Bonchev–Trinajstić information content (AvgIpc) is 2.22. The van der Waals surface area contributed by atoms with Crippen molar-refractivity contribution in [2.45, 2.75) is 19.4 Å². The first-order valence-corrected chi connectivity index (χ1v) is 6.51. The normalized spacial score (nSPS) is 26.7. The van der Waals surface area contributed by atoms with E-state index in [9.17, 15) is 0 Å². The molecule has 1 aromatic rings. The van der Waals surface area contributed by atoms with E-state index in [1.165, 1.54) is 9.26 Å². The summed E-state index contributed by atoms with van der Waals surface area (Å²) in [7, 11) is 0. The number of hydrogen-bond acceptors (Lipinski definition) is 2. The number of hydrogen-bond donors (Lipinski definition) is 1. The first-order chi connectivity index (χ1) is 7.16. The first kappa shape index (κ1) is 11.2. The average molecular weight is 316 g/mol. The van der Waals surface area contributed by atoms with Gasteiger partial charge < -0.3 is 10.6 Å². The zero-order valence-electron chi connectivity index (χ0n) is 8.99. The van der Waals surface area contributed by atoms with Crippen molar-refractivity contribution in [2.75, 3.05) is 18.0 Å². The van der Waals surface area contributed by atoms with Gasteiger partial charge in [-0.05, 0) is 53.1 Å². The highest BCUT2D eigenvalue weighted by molar-refractivity contribution is 14.1. The highest BCUT2D eigenvalue weighted by Crippen LogP contribution is 2.23. The summed E-state index contributed by atoms with van der Waals surface area (Å²) >= 11 is 2.36. The molecule has 3 heteroatoms. The Morgan fingerprint density at radius 2 is 2.27 bits per heavy atom. The summed E-state index contributed by atoms with van der Waals surface area (Å²) in [5, 5.41) is 0. The maximum atomic E-state index is 6.02. The van der Waals surface area contributed by atoms with Crippen molar-refractivity contribution in [3.63, 3.8) is 0 Å². The zero-order chi connectivity index (χ0) is 10.8. The molecule has 1 fully saturated rings. The van der Waals surface area contributed by atoms with Gasteiger partial charge in [-0.15, -0.1) is 0 Å². The second-order valence-electron chi connectivity index (χ2n) is 4.36. The highest BCUT2D eigenvalue weighted by atomic mass is 127. The molecule has 2 N–H and O–H groups in total. The molecule has 0 aromatic heterocycles. The van der Waals surface area contributed by atoms with Crippen molar-refractivity contribution < 1.29 is 0 Å². The predicted molar refractivity (Wildman–Crippen MR) is 73.1 cm³/mol. The molecule has 0 saturated carbocycles. The first-order valence-electron chi connectivity index (χ1n) is 5.43. The van der Waals surface area contributed by atoms with Gasteiger partial charge in [0.2, 0.25) is 0 Å². The van der Waals surface area contributed by atoms with Crippen LogP contribution in [0.3, 0.4) is 0 Å². The van der Waals surface area contributed by atoms with Gasteiger partial charge in [0, 0.05) is 28.4 Å². The molecule has 0 amide bonds. The molecule has 1 heterocycles. The van der Waals surface area contributed by atoms with E-state index in [4.69, 9.17) is 5.73 Å². The lowest BCUT2D eigenvalue weighted by Gasteiger charge is -2.36. The molecule has 2 rings (SSSR count). The Bertz CT molecular complexity index is 340. The van der Waals surface area contributed by atoms with Crippen LogP contribution in [0.25, 0.3) is 0 Å². The minimum Gasteiger partial charge on any atom is -0.371 e. The van der Waals surface area contributed by atoms with E-state index in [1.807, 2.05) is 0 Å². The van der Waals surface area contributed by atoms with Gasteiger partial charge in [-0.25, -0.2) is 0 Å². The fourth-order valence-corrected chi connectivity index (χ4v) is 2.60. The van der Waals surface area contributed by atoms with E-state index < -0.39 is 0 Å². The van der Waals surface area contributed by atoms with Crippen LogP contribution in [0.4, 0.5) is 5.69 Å². The van der Waals surface area contributed by atoms with E-state index in [0.717, 1.165) is 19.5 Å². The Hall–Kier alpha value is -0.290. The van der Waals surface area contributed by atoms with Crippen LogP contribution in [0.5, 0.6) is 0 Å². The van der Waals surface area contributed by atoms with Crippen LogP contribution in [0, 0.1) is 9.49 Å². The topological polar surface area (TPSA) is 29.3 Å². The standard InChI is InChI=1S/C12H17IN2/c1-9-8-15(6-5-12(9)14)11-4-2-3-10(13)7-11/h2-4,7,9,12H,5-6,8,14H2,1H3. The summed E-state index contributed by atoms with van der Waals surface area (Å²) < 4.78 is 1.30. The molecule has 1 aromatic carbocycles. The molecule has 2 nitrogen and oxygen atoms in total. The lowest BCUT2D eigenvalue weighted by molar-refractivity contribution is 0.383. The van der Waals surface area contributed by atoms with E-state index >= 15 is 0 Å². The Morgan fingerprint density at radius 1 is 1.47 bits per heavy atom. The van der Waals surface area contributed by atoms with Gasteiger partial charge in [-0.2, -0.15) is 0 Å². The smallest absolute Gasteiger partial charge is 0.0376 e. The molecule has 0 bridgehead atoms. The maximum absolute atomic E-state index is 6.02. The number of piperidine rings is 1. The molecular formula is C12H17IN2. The van der Waals surface area contributed by atoms with E-state index in [0.29, 0.717) is 12.0 Å². The number of halogens is 1.